The molecule has 1 aromatic rings. The fourth-order valence-corrected chi connectivity index (χ4v) is 2.44. The number of nitrogens with one attached hydrogen (secondary N) is 1. The number of ether oxygens (including phenoxy) is 1. The molecule has 114 valence electrons. The molecular formula is C15H18ClNO4. The zero-order valence-electron chi connectivity index (χ0n) is 12.1. The third kappa shape index (κ3) is 3.47. The number of amides is 1. The number of carboxylic acids is 1. The van der Waals surface area contributed by atoms with Gasteiger partial charge in [0.1, 0.15) is 11.8 Å². The largest absolute Gasteiger partial charge is 0.480 e. The van der Waals surface area contributed by atoms with E-state index in [0.717, 1.165) is 5.56 Å². The molecule has 0 fully saturated rings. The number of halogens is 1. The Morgan fingerprint density at radius 1 is 1.43 bits per heavy atom. The van der Waals surface area contributed by atoms with E-state index in [2.05, 4.69) is 5.32 Å². The number of fused-ring (bicyclic) bond motifs is 1. The maximum atomic E-state index is 12.2. The van der Waals surface area contributed by atoms with E-state index in [1.165, 1.54) is 0 Å². The highest BCUT2D eigenvalue weighted by atomic mass is 35.5. The van der Waals surface area contributed by atoms with Gasteiger partial charge in [0.25, 0.3) is 5.91 Å². The van der Waals surface area contributed by atoms with Gasteiger partial charge in [-0.05, 0) is 29.2 Å². The molecule has 0 saturated heterocycles. The second-order valence-corrected chi connectivity index (χ2v) is 6.64. The van der Waals surface area contributed by atoms with E-state index in [4.69, 9.17) is 16.3 Å². The van der Waals surface area contributed by atoms with Crippen LogP contribution in [-0.2, 0) is 16.0 Å². The van der Waals surface area contributed by atoms with Gasteiger partial charge in [-0.25, -0.2) is 4.79 Å². The van der Waals surface area contributed by atoms with Crippen molar-refractivity contribution in [1.82, 2.24) is 5.32 Å². The molecule has 1 amide bonds. The summed E-state index contributed by atoms with van der Waals surface area (Å²) in [7, 11) is 0. The SMILES string of the molecule is CC(C)(C)[C@@H](NC(=O)C1Cc2cc(Cl)ccc2O1)C(=O)O. The Bertz CT molecular complexity index is 580. The van der Waals surface area contributed by atoms with Crippen LogP contribution in [0.25, 0.3) is 0 Å². The van der Waals surface area contributed by atoms with Gasteiger partial charge in [-0.1, -0.05) is 32.4 Å². The van der Waals surface area contributed by atoms with Crippen molar-refractivity contribution in [3.05, 3.63) is 28.8 Å². The van der Waals surface area contributed by atoms with E-state index >= 15 is 0 Å². The van der Waals surface area contributed by atoms with Crippen LogP contribution in [0.3, 0.4) is 0 Å². The topological polar surface area (TPSA) is 75.6 Å². The molecule has 2 atom stereocenters. The van der Waals surface area contributed by atoms with Crippen LogP contribution in [-0.4, -0.2) is 29.1 Å². The number of hydrogen-bond donors (Lipinski definition) is 2. The molecule has 0 aliphatic carbocycles. The maximum Gasteiger partial charge on any atom is 0.326 e. The molecule has 0 aromatic heterocycles. The van der Waals surface area contributed by atoms with Gasteiger partial charge in [0, 0.05) is 11.4 Å². The summed E-state index contributed by atoms with van der Waals surface area (Å²) < 4.78 is 5.55. The summed E-state index contributed by atoms with van der Waals surface area (Å²) in [5, 5.41) is 12.4. The summed E-state index contributed by atoms with van der Waals surface area (Å²) in [6, 6.07) is 4.18. The molecule has 1 aliphatic rings. The smallest absolute Gasteiger partial charge is 0.326 e. The number of hydrogen-bond acceptors (Lipinski definition) is 3. The van der Waals surface area contributed by atoms with E-state index in [-0.39, 0.29) is 0 Å². The number of rotatable bonds is 3. The predicted octanol–water partition coefficient (Wildman–Crippen LogP) is 2.26. The molecule has 1 aromatic carbocycles. The van der Waals surface area contributed by atoms with Crippen molar-refractivity contribution >= 4 is 23.5 Å². The van der Waals surface area contributed by atoms with Gasteiger partial charge in [0.15, 0.2) is 6.10 Å². The number of carbonyl (C=O) groups is 2. The van der Waals surface area contributed by atoms with Crippen molar-refractivity contribution in [2.24, 2.45) is 5.41 Å². The average Bonchev–Trinajstić information content (AvgIpc) is 2.76. The maximum absolute atomic E-state index is 12.2. The van der Waals surface area contributed by atoms with Gasteiger partial charge in [-0.15, -0.1) is 0 Å². The van der Waals surface area contributed by atoms with Crippen LogP contribution in [0.2, 0.25) is 5.02 Å². The molecule has 1 aliphatic heterocycles. The van der Waals surface area contributed by atoms with Gasteiger partial charge in [-0.3, -0.25) is 4.79 Å². The first-order valence-electron chi connectivity index (χ1n) is 6.67. The predicted molar refractivity (Wildman–Crippen MR) is 78.6 cm³/mol. The molecule has 0 radical (unpaired) electrons. The van der Waals surface area contributed by atoms with Crippen LogP contribution >= 0.6 is 11.6 Å². The minimum atomic E-state index is -1.06. The Labute approximate surface area is 128 Å². The van der Waals surface area contributed by atoms with Crippen molar-refractivity contribution in [2.75, 3.05) is 0 Å². The number of carboxylic acid groups (broad SMARTS) is 1. The Balaban J connectivity index is 2.08. The summed E-state index contributed by atoms with van der Waals surface area (Å²) >= 11 is 5.90. The number of benzene rings is 1. The van der Waals surface area contributed by atoms with Gasteiger partial charge in [-0.2, -0.15) is 0 Å². The number of aliphatic carboxylic acids is 1. The van der Waals surface area contributed by atoms with Crippen molar-refractivity contribution in [3.8, 4) is 5.75 Å². The Morgan fingerprint density at radius 3 is 2.67 bits per heavy atom. The zero-order valence-corrected chi connectivity index (χ0v) is 12.9. The molecule has 0 spiro atoms. The van der Waals surface area contributed by atoms with E-state index in [1.807, 2.05) is 0 Å². The summed E-state index contributed by atoms with van der Waals surface area (Å²) in [4.78, 5) is 23.5. The average molecular weight is 312 g/mol. The van der Waals surface area contributed by atoms with Crippen molar-refractivity contribution in [3.63, 3.8) is 0 Å². The molecule has 21 heavy (non-hydrogen) atoms. The van der Waals surface area contributed by atoms with Crippen LogP contribution in [0.5, 0.6) is 5.75 Å². The highest BCUT2D eigenvalue weighted by Gasteiger charge is 2.36. The summed E-state index contributed by atoms with van der Waals surface area (Å²) in [5.74, 6) is -0.874. The summed E-state index contributed by atoms with van der Waals surface area (Å²) in [6.45, 7) is 5.28. The van der Waals surface area contributed by atoms with Crippen LogP contribution < -0.4 is 10.1 Å². The highest BCUT2D eigenvalue weighted by Crippen LogP contribution is 2.31. The van der Waals surface area contributed by atoms with E-state index in [9.17, 15) is 14.7 Å². The molecule has 0 saturated carbocycles. The molecule has 5 nitrogen and oxygen atoms in total. The molecule has 0 bridgehead atoms. The van der Waals surface area contributed by atoms with Crippen molar-refractivity contribution in [2.45, 2.75) is 39.3 Å². The lowest BCUT2D eigenvalue weighted by atomic mass is 9.86. The van der Waals surface area contributed by atoms with Crippen LogP contribution in [0, 0.1) is 5.41 Å². The molecule has 6 heteroatoms. The lowest BCUT2D eigenvalue weighted by Crippen LogP contribution is -2.52. The van der Waals surface area contributed by atoms with E-state index < -0.39 is 29.4 Å². The minimum Gasteiger partial charge on any atom is -0.480 e. The third-order valence-corrected chi connectivity index (χ3v) is 3.62. The van der Waals surface area contributed by atoms with Crippen LogP contribution in [0.4, 0.5) is 0 Å². The van der Waals surface area contributed by atoms with Gasteiger partial charge >= 0.3 is 5.97 Å². The quantitative estimate of drug-likeness (QED) is 0.898. The van der Waals surface area contributed by atoms with Crippen molar-refractivity contribution in [1.29, 1.82) is 0 Å². The lowest BCUT2D eigenvalue weighted by molar-refractivity contribution is -0.146. The third-order valence-electron chi connectivity index (χ3n) is 3.39. The second kappa shape index (κ2) is 5.56. The Kier molecular flexibility index (Phi) is 4.14. The first-order valence-corrected chi connectivity index (χ1v) is 7.04. The fourth-order valence-electron chi connectivity index (χ4n) is 2.25. The van der Waals surface area contributed by atoms with Crippen molar-refractivity contribution < 1.29 is 19.4 Å². The van der Waals surface area contributed by atoms with Gasteiger partial charge < -0.3 is 15.2 Å². The fraction of sp³-hybridized carbons (Fsp3) is 0.467. The van der Waals surface area contributed by atoms with Crippen LogP contribution in [0.1, 0.15) is 26.3 Å². The normalized spacial score (nSPS) is 18.6. The summed E-state index contributed by atoms with van der Waals surface area (Å²) in [6.07, 6.45) is -0.333. The molecule has 2 N–H and O–H groups in total. The Morgan fingerprint density at radius 2 is 2.10 bits per heavy atom. The van der Waals surface area contributed by atoms with Crippen LogP contribution in [0.15, 0.2) is 18.2 Å². The molecule has 1 heterocycles. The first-order chi connectivity index (χ1) is 9.68. The molecule has 1 unspecified atom stereocenters. The zero-order chi connectivity index (χ0) is 15.8. The molecule has 2 rings (SSSR count). The van der Waals surface area contributed by atoms with E-state index in [0.29, 0.717) is 17.2 Å². The lowest BCUT2D eigenvalue weighted by Gasteiger charge is -2.28. The Hall–Kier alpha value is -1.75. The van der Waals surface area contributed by atoms with Gasteiger partial charge in [0.2, 0.25) is 0 Å². The standard InChI is InChI=1S/C15H18ClNO4/c1-15(2,3)12(14(19)20)17-13(18)11-7-8-6-9(16)4-5-10(8)21-11/h4-6,11-12H,7H2,1-3H3,(H,17,18)(H,19,20)/t11?,12-/m0/s1. The second-order valence-electron chi connectivity index (χ2n) is 6.21. The van der Waals surface area contributed by atoms with E-state index in [1.54, 1.807) is 39.0 Å². The highest BCUT2D eigenvalue weighted by molar-refractivity contribution is 6.30. The van der Waals surface area contributed by atoms with Gasteiger partial charge in [0.05, 0.1) is 0 Å². The minimum absolute atomic E-state index is 0.387. The number of carbonyl (C=O) groups excluding carboxylic acids is 1. The first kappa shape index (κ1) is 15.6. The summed E-state index contributed by atoms with van der Waals surface area (Å²) in [5.41, 5.74) is 0.265. The monoisotopic (exact) mass is 311 g/mol. The molecular weight excluding hydrogens is 294 g/mol.